The third-order valence-corrected chi connectivity index (χ3v) is 8.05. The molecule has 2 saturated carbocycles. The maximum Gasteiger partial charge on any atom is 0.232 e. The lowest BCUT2D eigenvalue weighted by atomic mass is 9.64. The number of fused-ring (bicyclic) bond motifs is 2. The summed E-state index contributed by atoms with van der Waals surface area (Å²) in [6.07, 6.45) is 1.40. The molecule has 0 aliphatic heterocycles. The SMILES string of the molecule is CC1(C)[C@]2(C)CC[C@@]1(C(=O)Nc1ccc(Cl)cc1Cl)[C@@H](Br)C2=O. The van der Waals surface area contributed by atoms with E-state index in [9.17, 15) is 9.59 Å². The molecule has 3 rings (SSSR count). The number of anilines is 1. The largest absolute Gasteiger partial charge is 0.324 e. The third kappa shape index (κ3) is 2.01. The number of Topliss-reactive ketones (excluding diaryl/α,β-unsaturated/α-hetero) is 1. The Bertz CT molecular complexity index is 721. The molecule has 1 amide bonds. The van der Waals surface area contributed by atoms with E-state index in [1.54, 1.807) is 18.2 Å². The quantitative estimate of drug-likeness (QED) is 0.679. The smallest absolute Gasteiger partial charge is 0.232 e. The lowest BCUT2D eigenvalue weighted by molar-refractivity contribution is -0.130. The fourth-order valence-corrected chi connectivity index (χ4v) is 6.25. The van der Waals surface area contributed by atoms with Crippen molar-refractivity contribution in [2.24, 2.45) is 16.2 Å². The van der Waals surface area contributed by atoms with Crippen molar-refractivity contribution < 1.29 is 9.59 Å². The van der Waals surface area contributed by atoms with E-state index in [1.807, 2.05) is 20.8 Å². The van der Waals surface area contributed by atoms with E-state index < -0.39 is 21.1 Å². The number of carbonyl (C=O) groups excluding carboxylic acids is 2. The molecule has 2 aliphatic carbocycles. The van der Waals surface area contributed by atoms with Crippen LogP contribution in [0.2, 0.25) is 10.0 Å². The summed E-state index contributed by atoms with van der Waals surface area (Å²) in [7, 11) is 0. The topological polar surface area (TPSA) is 46.2 Å². The molecule has 1 aromatic carbocycles. The Morgan fingerprint density at radius 1 is 1.26 bits per heavy atom. The third-order valence-electron chi connectivity index (χ3n) is 6.31. The molecule has 1 N–H and O–H groups in total. The van der Waals surface area contributed by atoms with Crippen molar-refractivity contribution >= 4 is 56.5 Å². The summed E-state index contributed by atoms with van der Waals surface area (Å²) in [6.45, 7) is 6.01. The minimum Gasteiger partial charge on any atom is -0.324 e. The molecule has 6 heteroatoms. The van der Waals surface area contributed by atoms with Crippen molar-refractivity contribution in [3.05, 3.63) is 28.2 Å². The van der Waals surface area contributed by atoms with Crippen LogP contribution in [0, 0.1) is 16.2 Å². The molecule has 2 aliphatic rings. The van der Waals surface area contributed by atoms with Gasteiger partial charge in [0, 0.05) is 10.4 Å². The Morgan fingerprint density at radius 2 is 1.91 bits per heavy atom. The average molecular weight is 419 g/mol. The Morgan fingerprint density at radius 3 is 2.43 bits per heavy atom. The van der Waals surface area contributed by atoms with Crippen LogP contribution in [0.25, 0.3) is 0 Å². The first kappa shape index (κ1) is 17.2. The zero-order chi connectivity index (χ0) is 17.2. The molecule has 0 saturated heterocycles. The van der Waals surface area contributed by atoms with Crippen LogP contribution >= 0.6 is 39.1 Å². The summed E-state index contributed by atoms with van der Waals surface area (Å²) in [5.74, 6) is -0.0470. The summed E-state index contributed by atoms with van der Waals surface area (Å²) in [5, 5.41) is 3.80. The zero-order valence-electron chi connectivity index (χ0n) is 13.2. The van der Waals surface area contributed by atoms with Crippen LogP contribution in [0.15, 0.2) is 18.2 Å². The number of rotatable bonds is 2. The summed E-state index contributed by atoms with van der Waals surface area (Å²) < 4.78 is 0. The van der Waals surface area contributed by atoms with E-state index in [0.717, 1.165) is 6.42 Å². The van der Waals surface area contributed by atoms with Gasteiger partial charge in [0.1, 0.15) is 0 Å². The Labute approximate surface area is 154 Å². The van der Waals surface area contributed by atoms with Crippen molar-refractivity contribution in [1.29, 1.82) is 0 Å². The van der Waals surface area contributed by atoms with Crippen LogP contribution in [0.3, 0.4) is 0 Å². The van der Waals surface area contributed by atoms with Crippen molar-refractivity contribution in [3.63, 3.8) is 0 Å². The number of amides is 1. The van der Waals surface area contributed by atoms with Gasteiger partial charge in [-0.1, -0.05) is 59.9 Å². The Balaban J connectivity index is 2.00. The van der Waals surface area contributed by atoms with E-state index in [-0.39, 0.29) is 11.7 Å². The van der Waals surface area contributed by atoms with Crippen LogP contribution in [-0.4, -0.2) is 16.5 Å². The van der Waals surface area contributed by atoms with Gasteiger partial charge in [0.05, 0.1) is 21.0 Å². The lowest BCUT2D eigenvalue weighted by Gasteiger charge is -2.39. The van der Waals surface area contributed by atoms with Crippen molar-refractivity contribution in [1.82, 2.24) is 0 Å². The number of ketones is 1. The minimum atomic E-state index is -0.776. The van der Waals surface area contributed by atoms with Crippen LogP contribution in [0.4, 0.5) is 5.69 Å². The summed E-state index contributed by atoms with van der Waals surface area (Å²) in [4.78, 5) is 25.4. The number of hydrogen-bond donors (Lipinski definition) is 1. The fraction of sp³-hybridized carbons (Fsp3) is 0.529. The molecule has 0 spiro atoms. The van der Waals surface area contributed by atoms with Crippen molar-refractivity contribution in [2.45, 2.75) is 38.4 Å². The normalized spacial score (nSPS) is 34.7. The van der Waals surface area contributed by atoms with Crippen molar-refractivity contribution in [2.75, 3.05) is 5.32 Å². The lowest BCUT2D eigenvalue weighted by Crippen LogP contribution is -2.48. The molecular weight excluding hydrogens is 401 g/mol. The van der Waals surface area contributed by atoms with Gasteiger partial charge in [-0.15, -0.1) is 0 Å². The standard InChI is InChI=1S/C17H18BrCl2NO2/c1-15(2)16(3)6-7-17(15,12(18)13(16)22)14(23)21-11-5-4-9(19)8-10(11)20/h4-5,8,12H,6-7H2,1-3H3,(H,21,23)/t12-,16+,17-/m0/s1. The second-order valence-electron chi connectivity index (χ2n) is 7.23. The van der Waals surface area contributed by atoms with Gasteiger partial charge in [0.25, 0.3) is 0 Å². The molecule has 23 heavy (non-hydrogen) atoms. The maximum atomic E-state index is 13.2. The van der Waals surface area contributed by atoms with Crippen molar-refractivity contribution in [3.8, 4) is 0 Å². The summed E-state index contributed by atoms with van der Waals surface area (Å²) in [5.41, 5.74) is -1.18. The molecule has 0 heterocycles. The van der Waals surface area contributed by atoms with Crippen LogP contribution < -0.4 is 5.32 Å². The number of carbonyl (C=O) groups is 2. The van der Waals surface area contributed by atoms with Gasteiger partial charge < -0.3 is 5.32 Å². The Kier molecular flexibility index (Phi) is 3.90. The highest BCUT2D eigenvalue weighted by Crippen LogP contribution is 2.72. The van der Waals surface area contributed by atoms with Crippen LogP contribution in [-0.2, 0) is 9.59 Å². The summed E-state index contributed by atoms with van der Waals surface area (Å²) >= 11 is 15.6. The molecule has 124 valence electrons. The first-order valence-corrected chi connectivity index (χ1v) is 9.20. The zero-order valence-corrected chi connectivity index (χ0v) is 16.3. The molecule has 2 bridgehead atoms. The molecule has 0 aromatic heterocycles. The predicted molar refractivity (Wildman–Crippen MR) is 96.4 cm³/mol. The molecular formula is C17H18BrCl2NO2. The molecule has 1 aromatic rings. The van der Waals surface area contributed by atoms with Gasteiger partial charge in [-0.05, 0) is 36.5 Å². The van der Waals surface area contributed by atoms with Gasteiger partial charge in [-0.25, -0.2) is 0 Å². The van der Waals surface area contributed by atoms with Gasteiger partial charge in [0.15, 0.2) is 5.78 Å². The Hall–Kier alpha value is -0.580. The van der Waals surface area contributed by atoms with E-state index >= 15 is 0 Å². The van der Waals surface area contributed by atoms with Gasteiger partial charge in [-0.2, -0.15) is 0 Å². The number of alkyl halides is 1. The fourth-order valence-electron chi connectivity index (χ4n) is 4.28. The highest BCUT2D eigenvalue weighted by Gasteiger charge is 2.76. The minimum absolute atomic E-state index is 0.117. The second-order valence-corrected chi connectivity index (χ2v) is 8.99. The number of nitrogens with one attached hydrogen (secondary N) is 1. The number of benzene rings is 1. The van der Waals surface area contributed by atoms with Gasteiger partial charge in [0.2, 0.25) is 5.91 Å². The van der Waals surface area contributed by atoms with Gasteiger partial charge >= 0.3 is 0 Å². The summed E-state index contributed by atoms with van der Waals surface area (Å²) in [6, 6.07) is 4.95. The first-order valence-electron chi connectivity index (χ1n) is 7.53. The molecule has 0 unspecified atom stereocenters. The van der Waals surface area contributed by atoms with Gasteiger partial charge in [-0.3, -0.25) is 9.59 Å². The second kappa shape index (κ2) is 5.21. The van der Waals surface area contributed by atoms with E-state index in [4.69, 9.17) is 23.2 Å². The average Bonchev–Trinajstić information content (AvgIpc) is 2.74. The van der Waals surface area contributed by atoms with E-state index in [2.05, 4.69) is 21.2 Å². The number of halogens is 3. The van der Waals surface area contributed by atoms with Crippen LogP contribution in [0.5, 0.6) is 0 Å². The highest BCUT2D eigenvalue weighted by atomic mass is 79.9. The van der Waals surface area contributed by atoms with E-state index in [1.165, 1.54) is 0 Å². The maximum absolute atomic E-state index is 13.2. The highest BCUT2D eigenvalue weighted by molar-refractivity contribution is 9.10. The number of hydrogen-bond acceptors (Lipinski definition) is 2. The molecule has 3 atom stereocenters. The van der Waals surface area contributed by atoms with E-state index in [0.29, 0.717) is 22.2 Å². The molecule has 3 nitrogen and oxygen atoms in total. The molecule has 2 fully saturated rings. The predicted octanol–water partition coefficient (Wildman–Crippen LogP) is 5.09. The first-order chi connectivity index (χ1) is 10.6. The molecule has 0 radical (unpaired) electrons. The monoisotopic (exact) mass is 417 g/mol. The van der Waals surface area contributed by atoms with Crippen LogP contribution in [0.1, 0.15) is 33.6 Å².